The van der Waals surface area contributed by atoms with Crippen molar-refractivity contribution >= 4 is 51.7 Å². The van der Waals surface area contributed by atoms with Gasteiger partial charge in [-0.15, -0.1) is 0 Å². The van der Waals surface area contributed by atoms with Crippen LogP contribution in [0.1, 0.15) is 12.0 Å². The number of alkyl halides is 3. The number of rotatable bonds is 4. The first-order valence-electron chi connectivity index (χ1n) is 8.39. The number of amidine groups is 1. The number of anilines is 1. The summed E-state index contributed by atoms with van der Waals surface area (Å²) in [6.07, 6.45) is -4.70. The summed E-state index contributed by atoms with van der Waals surface area (Å²) in [5.41, 5.74) is -0.383. The van der Waals surface area contributed by atoms with Crippen LogP contribution in [0.4, 0.5) is 24.5 Å². The van der Waals surface area contributed by atoms with Gasteiger partial charge in [-0.05, 0) is 30.3 Å². The van der Waals surface area contributed by atoms with Crippen LogP contribution < -0.4 is 5.32 Å². The zero-order chi connectivity index (χ0) is 21.2. The zero-order valence-electron chi connectivity index (χ0n) is 15.0. The molecule has 152 valence electrons. The Balaban J connectivity index is 1.74. The van der Waals surface area contributed by atoms with Crippen molar-refractivity contribution in [3.8, 4) is 0 Å². The minimum absolute atomic E-state index is 0.0123. The Bertz CT molecular complexity index is 967. The summed E-state index contributed by atoms with van der Waals surface area (Å²) in [7, 11) is 1.46. The van der Waals surface area contributed by atoms with E-state index in [1.165, 1.54) is 18.0 Å². The Morgan fingerprint density at radius 3 is 2.59 bits per heavy atom. The summed E-state index contributed by atoms with van der Waals surface area (Å²) >= 11 is 6.64. The smallest absolute Gasteiger partial charge is 0.326 e. The minimum atomic E-state index is -4.62. The standard InChI is InChI=1S/C19H15ClF3N3O2S/c1-26-17(28)15(10-16(27)24-11-5-3-2-4-6-11)29-18(26)25-12-7-8-14(20)13(9-12)19(21,22)23/h2-9,15H,10H2,1H3,(H,24,27)/t15-/m0/s1. The molecule has 1 aliphatic heterocycles. The topological polar surface area (TPSA) is 61.8 Å². The SMILES string of the molecule is CN1C(=O)[C@H](CC(=O)Nc2ccccc2)SC1=Nc1ccc(Cl)c(C(F)(F)F)c1. The molecule has 0 aromatic heterocycles. The maximum absolute atomic E-state index is 13.0. The molecule has 1 N–H and O–H groups in total. The molecule has 1 atom stereocenters. The molecule has 2 aromatic rings. The monoisotopic (exact) mass is 441 g/mol. The van der Waals surface area contributed by atoms with Crippen LogP contribution in [0.15, 0.2) is 53.5 Å². The van der Waals surface area contributed by atoms with E-state index in [4.69, 9.17) is 11.6 Å². The number of thioether (sulfide) groups is 1. The number of amides is 2. The van der Waals surface area contributed by atoms with Gasteiger partial charge in [0.1, 0.15) is 5.25 Å². The molecule has 29 heavy (non-hydrogen) atoms. The molecule has 2 aromatic carbocycles. The van der Waals surface area contributed by atoms with Gasteiger partial charge in [0.05, 0.1) is 16.3 Å². The van der Waals surface area contributed by atoms with Crippen LogP contribution in [0.5, 0.6) is 0 Å². The summed E-state index contributed by atoms with van der Waals surface area (Å²) < 4.78 is 39.1. The second kappa shape index (κ2) is 8.46. The third kappa shape index (κ3) is 5.10. The number of nitrogens with zero attached hydrogens (tertiary/aromatic N) is 2. The zero-order valence-corrected chi connectivity index (χ0v) is 16.6. The van der Waals surface area contributed by atoms with Crippen LogP contribution in [-0.4, -0.2) is 34.2 Å². The summed E-state index contributed by atoms with van der Waals surface area (Å²) in [6, 6.07) is 12.1. The summed E-state index contributed by atoms with van der Waals surface area (Å²) in [6.45, 7) is 0. The van der Waals surface area contributed by atoms with E-state index in [9.17, 15) is 22.8 Å². The van der Waals surface area contributed by atoms with E-state index >= 15 is 0 Å². The van der Waals surface area contributed by atoms with E-state index in [1.54, 1.807) is 24.3 Å². The lowest BCUT2D eigenvalue weighted by molar-refractivity contribution is -0.137. The fourth-order valence-electron chi connectivity index (χ4n) is 2.61. The average molecular weight is 442 g/mol. The Morgan fingerprint density at radius 1 is 1.24 bits per heavy atom. The van der Waals surface area contributed by atoms with Crippen molar-refractivity contribution in [1.82, 2.24) is 4.90 Å². The van der Waals surface area contributed by atoms with Crippen molar-refractivity contribution in [2.45, 2.75) is 17.8 Å². The lowest BCUT2D eigenvalue weighted by Crippen LogP contribution is -2.30. The van der Waals surface area contributed by atoms with Crippen LogP contribution in [0.3, 0.4) is 0 Å². The number of nitrogens with one attached hydrogen (secondary N) is 1. The molecular weight excluding hydrogens is 427 g/mol. The van der Waals surface area contributed by atoms with Gasteiger partial charge < -0.3 is 5.32 Å². The normalized spacial score (nSPS) is 18.4. The van der Waals surface area contributed by atoms with Crippen LogP contribution in [-0.2, 0) is 15.8 Å². The Morgan fingerprint density at radius 2 is 1.93 bits per heavy atom. The van der Waals surface area contributed by atoms with Crippen LogP contribution in [0.25, 0.3) is 0 Å². The van der Waals surface area contributed by atoms with Crippen LogP contribution in [0.2, 0.25) is 5.02 Å². The fourth-order valence-corrected chi connectivity index (χ4v) is 3.99. The third-order valence-electron chi connectivity index (χ3n) is 4.05. The number of para-hydroxylation sites is 1. The highest BCUT2D eigenvalue weighted by molar-refractivity contribution is 8.15. The molecule has 0 spiro atoms. The van der Waals surface area contributed by atoms with Gasteiger partial charge in [0.2, 0.25) is 11.8 Å². The first-order valence-corrected chi connectivity index (χ1v) is 9.65. The number of hydrogen-bond acceptors (Lipinski definition) is 4. The van der Waals surface area contributed by atoms with E-state index < -0.39 is 22.0 Å². The maximum atomic E-state index is 13.0. The van der Waals surface area contributed by atoms with Gasteiger partial charge in [-0.1, -0.05) is 41.6 Å². The molecule has 2 amide bonds. The number of benzene rings is 2. The first-order chi connectivity index (χ1) is 13.6. The number of carbonyl (C=O) groups is 2. The molecule has 1 heterocycles. The Kier molecular flexibility index (Phi) is 6.18. The second-order valence-corrected chi connectivity index (χ2v) is 7.76. The van der Waals surface area contributed by atoms with E-state index in [0.717, 1.165) is 23.9 Å². The molecule has 1 aliphatic rings. The summed E-state index contributed by atoms with van der Waals surface area (Å²) in [4.78, 5) is 30.0. The Labute approximate surface area is 173 Å². The van der Waals surface area contributed by atoms with Crippen molar-refractivity contribution in [2.24, 2.45) is 4.99 Å². The molecule has 10 heteroatoms. The Hall–Kier alpha value is -2.52. The molecule has 3 rings (SSSR count). The molecule has 1 saturated heterocycles. The van der Waals surface area contributed by atoms with Gasteiger partial charge >= 0.3 is 6.18 Å². The number of aliphatic imine (C=N–C) groups is 1. The van der Waals surface area contributed by atoms with Gasteiger partial charge in [0, 0.05) is 19.2 Å². The van der Waals surface area contributed by atoms with E-state index in [-0.39, 0.29) is 29.1 Å². The summed E-state index contributed by atoms with van der Waals surface area (Å²) in [5.74, 6) is -0.690. The number of halogens is 4. The fraction of sp³-hybridized carbons (Fsp3) is 0.211. The third-order valence-corrected chi connectivity index (χ3v) is 5.61. The van der Waals surface area contributed by atoms with Gasteiger partial charge in [-0.3, -0.25) is 14.5 Å². The van der Waals surface area contributed by atoms with Gasteiger partial charge in [0.25, 0.3) is 0 Å². The van der Waals surface area contributed by atoms with Crippen LogP contribution in [0, 0.1) is 0 Å². The number of carbonyl (C=O) groups excluding carboxylic acids is 2. The van der Waals surface area contributed by atoms with Crippen molar-refractivity contribution in [1.29, 1.82) is 0 Å². The second-order valence-electron chi connectivity index (χ2n) is 6.18. The van der Waals surface area contributed by atoms with Crippen molar-refractivity contribution in [2.75, 3.05) is 12.4 Å². The molecule has 0 radical (unpaired) electrons. The molecular formula is C19H15ClF3N3O2S. The quantitative estimate of drug-likeness (QED) is 0.730. The highest BCUT2D eigenvalue weighted by Gasteiger charge is 2.37. The predicted molar refractivity (Wildman–Crippen MR) is 107 cm³/mol. The minimum Gasteiger partial charge on any atom is -0.326 e. The van der Waals surface area contributed by atoms with Gasteiger partial charge in [-0.25, -0.2) is 4.99 Å². The van der Waals surface area contributed by atoms with Crippen molar-refractivity contribution in [3.05, 3.63) is 59.1 Å². The lowest BCUT2D eigenvalue weighted by atomic mass is 10.2. The number of hydrogen-bond donors (Lipinski definition) is 1. The van der Waals surface area contributed by atoms with E-state index in [2.05, 4.69) is 10.3 Å². The largest absolute Gasteiger partial charge is 0.417 e. The van der Waals surface area contributed by atoms with Gasteiger partial charge in [-0.2, -0.15) is 13.2 Å². The maximum Gasteiger partial charge on any atom is 0.417 e. The predicted octanol–water partition coefficient (Wildman–Crippen LogP) is 4.95. The average Bonchev–Trinajstić information content (AvgIpc) is 2.91. The molecule has 5 nitrogen and oxygen atoms in total. The molecule has 0 saturated carbocycles. The molecule has 0 bridgehead atoms. The van der Waals surface area contributed by atoms with Crippen molar-refractivity contribution in [3.63, 3.8) is 0 Å². The molecule has 0 aliphatic carbocycles. The van der Waals surface area contributed by atoms with E-state index in [1.807, 2.05) is 6.07 Å². The summed E-state index contributed by atoms with van der Waals surface area (Å²) in [5, 5.41) is 1.77. The lowest BCUT2D eigenvalue weighted by Gasteiger charge is -2.11. The first kappa shape index (κ1) is 21.2. The van der Waals surface area contributed by atoms with E-state index in [0.29, 0.717) is 5.69 Å². The highest BCUT2D eigenvalue weighted by Crippen LogP contribution is 2.38. The van der Waals surface area contributed by atoms with Crippen LogP contribution >= 0.6 is 23.4 Å². The highest BCUT2D eigenvalue weighted by atomic mass is 35.5. The molecule has 1 fully saturated rings. The van der Waals surface area contributed by atoms with Crippen molar-refractivity contribution < 1.29 is 22.8 Å². The molecule has 0 unspecified atom stereocenters. The van der Waals surface area contributed by atoms with Gasteiger partial charge in [0.15, 0.2) is 5.17 Å².